The molecule has 5 heteroatoms. The Labute approximate surface area is 124 Å². The molecular formula is C15H19ClN2O2. The van der Waals surface area contributed by atoms with Gasteiger partial charge in [-0.3, -0.25) is 0 Å². The maximum atomic E-state index is 10.7. The Morgan fingerprint density at radius 2 is 2.35 bits per heavy atom. The van der Waals surface area contributed by atoms with Crippen LogP contribution >= 0.6 is 11.6 Å². The fourth-order valence-electron chi connectivity index (χ4n) is 2.40. The second-order valence-electron chi connectivity index (χ2n) is 5.22. The summed E-state index contributed by atoms with van der Waals surface area (Å²) < 4.78 is 5.82. The van der Waals surface area contributed by atoms with Gasteiger partial charge in [0.2, 0.25) is 0 Å². The molecule has 4 nitrogen and oxygen atoms in total. The van der Waals surface area contributed by atoms with Crippen LogP contribution in [0.2, 0.25) is 0 Å². The number of hydrogen-bond acceptors (Lipinski definition) is 4. The van der Waals surface area contributed by atoms with Crippen LogP contribution in [-0.4, -0.2) is 35.3 Å². The Balaban J connectivity index is 2.40. The van der Waals surface area contributed by atoms with Crippen molar-refractivity contribution in [1.82, 2.24) is 5.32 Å². The summed E-state index contributed by atoms with van der Waals surface area (Å²) in [5.41, 5.74) is 0.993. The number of halogens is 1. The number of allylic oxidation sites excluding steroid dienone is 2. The molecule has 0 aromatic rings. The zero-order valence-electron chi connectivity index (χ0n) is 11.7. The normalized spacial score (nSPS) is 32.5. The quantitative estimate of drug-likeness (QED) is 0.615. The van der Waals surface area contributed by atoms with Crippen molar-refractivity contribution in [1.29, 1.82) is 5.26 Å². The summed E-state index contributed by atoms with van der Waals surface area (Å²) in [7, 11) is 0. The summed E-state index contributed by atoms with van der Waals surface area (Å²) in [6, 6.07) is 2.12. The van der Waals surface area contributed by atoms with Crippen molar-refractivity contribution < 1.29 is 9.84 Å². The van der Waals surface area contributed by atoms with Gasteiger partial charge in [-0.05, 0) is 32.4 Å². The lowest BCUT2D eigenvalue weighted by atomic mass is 9.84. The zero-order valence-corrected chi connectivity index (χ0v) is 12.4. The Morgan fingerprint density at radius 1 is 1.60 bits per heavy atom. The fraction of sp³-hybridized carbons (Fsp3) is 0.533. The largest absolute Gasteiger partial charge is 0.386 e. The van der Waals surface area contributed by atoms with E-state index in [2.05, 4.69) is 11.4 Å². The van der Waals surface area contributed by atoms with E-state index in [1.807, 2.05) is 13.0 Å². The molecule has 108 valence electrons. The van der Waals surface area contributed by atoms with Crippen molar-refractivity contribution in [2.75, 3.05) is 12.4 Å². The first kappa shape index (κ1) is 15.1. The van der Waals surface area contributed by atoms with Crippen molar-refractivity contribution in [2.24, 2.45) is 0 Å². The third-order valence-electron chi connectivity index (χ3n) is 3.75. The van der Waals surface area contributed by atoms with Crippen LogP contribution in [0.1, 0.15) is 20.3 Å². The van der Waals surface area contributed by atoms with Crippen LogP contribution in [0.15, 0.2) is 35.1 Å². The highest BCUT2D eigenvalue weighted by molar-refractivity contribution is 6.17. The topological polar surface area (TPSA) is 65.3 Å². The molecule has 2 aliphatic rings. The highest BCUT2D eigenvalue weighted by atomic mass is 35.5. The summed E-state index contributed by atoms with van der Waals surface area (Å²) in [5, 5.41) is 23.0. The number of nitrogens with one attached hydrogen (secondary N) is 1. The third-order valence-corrected chi connectivity index (χ3v) is 4.01. The standard InChI is InChI=1S/C15H19ClN2O2/c1-10-15(2,19)14(18-7-3-6-16)12-8-11(9-17)4-5-13(12)20-10/h4-5,8,10,13,18-19H,3,6-7H2,1-2H3/t10-,13-,15?/m1/s1. The van der Waals surface area contributed by atoms with Gasteiger partial charge in [0.15, 0.2) is 0 Å². The van der Waals surface area contributed by atoms with E-state index < -0.39 is 5.60 Å². The van der Waals surface area contributed by atoms with Crippen LogP contribution < -0.4 is 5.32 Å². The van der Waals surface area contributed by atoms with Gasteiger partial charge in [0.25, 0.3) is 0 Å². The molecule has 0 bridgehead atoms. The molecule has 1 unspecified atom stereocenters. The molecule has 2 N–H and O–H groups in total. The van der Waals surface area contributed by atoms with Gasteiger partial charge < -0.3 is 15.2 Å². The minimum absolute atomic E-state index is 0.221. The summed E-state index contributed by atoms with van der Waals surface area (Å²) >= 11 is 5.69. The minimum Gasteiger partial charge on any atom is -0.386 e. The third kappa shape index (κ3) is 2.76. The van der Waals surface area contributed by atoms with Crippen molar-refractivity contribution in [3.05, 3.63) is 35.1 Å². The van der Waals surface area contributed by atoms with E-state index in [0.717, 1.165) is 17.7 Å². The molecule has 0 saturated heterocycles. The molecule has 1 heterocycles. The Kier molecular flexibility index (Phi) is 4.54. The van der Waals surface area contributed by atoms with Crippen molar-refractivity contribution in [3.63, 3.8) is 0 Å². The molecule has 20 heavy (non-hydrogen) atoms. The van der Waals surface area contributed by atoms with E-state index >= 15 is 0 Å². The monoisotopic (exact) mass is 294 g/mol. The Bertz CT molecular complexity index is 514. The molecule has 1 aliphatic carbocycles. The smallest absolute Gasteiger partial charge is 0.127 e. The molecule has 0 saturated carbocycles. The number of rotatable bonds is 4. The molecule has 0 spiro atoms. The SMILES string of the molecule is C[C@H]1O[C@@H]2C=CC(C#N)=CC2=C(NCCCCl)C1(C)O. The van der Waals surface area contributed by atoms with Gasteiger partial charge in [0, 0.05) is 18.0 Å². The van der Waals surface area contributed by atoms with Crippen LogP contribution in [0.5, 0.6) is 0 Å². The van der Waals surface area contributed by atoms with E-state index in [0.29, 0.717) is 18.0 Å². The van der Waals surface area contributed by atoms with Gasteiger partial charge >= 0.3 is 0 Å². The first-order valence-electron chi connectivity index (χ1n) is 6.73. The molecule has 0 aromatic heterocycles. The number of ether oxygens (including phenoxy) is 1. The first-order valence-corrected chi connectivity index (χ1v) is 7.26. The van der Waals surface area contributed by atoms with Gasteiger partial charge in [0.1, 0.15) is 11.7 Å². The number of hydrogen-bond donors (Lipinski definition) is 2. The molecule has 0 amide bonds. The molecule has 0 aromatic carbocycles. The lowest BCUT2D eigenvalue weighted by Crippen LogP contribution is -2.52. The van der Waals surface area contributed by atoms with E-state index in [9.17, 15) is 5.11 Å². The van der Waals surface area contributed by atoms with E-state index in [1.54, 1.807) is 19.1 Å². The van der Waals surface area contributed by atoms with Gasteiger partial charge in [0.05, 0.1) is 23.4 Å². The lowest BCUT2D eigenvalue weighted by Gasteiger charge is -2.42. The van der Waals surface area contributed by atoms with Gasteiger partial charge in [-0.1, -0.05) is 6.08 Å². The molecular weight excluding hydrogens is 276 g/mol. The fourth-order valence-corrected chi connectivity index (χ4v) is 2.54. The summed E-state index contributed by atoms with van der Waals surface area (Å²) in [5.74, 6) is 0.562. The van der Waals surface area contributed by atoms with Gasteiger partial charge in [-0.15, -0.1) is 11.6 Å². The summed E-state index contributed by atoms with van der Waals surface area (Å²) in [6.07, 6.45) is 5.62. The molecule has 1 aliphatic heterocycles. The maximum Gasteiger partial charge on any atom is 0.127 e. The lowest BCUT2D eigenvalue weighted by molar-refractivity contribution is -0.0966. The van der Waals surface area contributed by atoms with Crippen molar-refractivity contribution in [3.8, 4) is 6.07 Å². The second-order valence-corrected chi connectivity index (χ2v) is 5.59. The van der Waals surface area contributed by atoms with E-state index in [1.165, 1.54) is 0 Å². The number of aliphatic hydroxyl groups is 1. The Morgan fingerprint density at radius 3 is 3.00 bits per heavy atom. The molecule has 0 radical (unpaired) electrons. The van der Waals surface area contributed by atoms with Crippen LogP contribution in [0.25, 0.3) is 0 Å². The average Bonchev–Trinajstić information content (AvgIpc) is 2.43. The first-order chi connectivity index (χ1) is 9.50. The highest BCUT2D eigenvalue weighted by Gasteiger charge is 2.42. The number of fused-ring (bicyclic) bond motifs is 1. The predicted octanol–water partition coefficient (Wildman–Crippen LogP) is 2.02. The highest BCUT2D eigenvalue weighted by Crippen LogP contribution is 2.36. The average molecular weight is 295 g/mol. The van der Waals surface area contributed by atoms with Crippen LogP contribution in [0, 0.1) is 11.3 Å². The van der Waals surface area contributed by atoms with E-state index in [-0.39, 0.29) is 12.2 Å². The minimum atomic E-state index is -1.11. The van der Waals surface area contributed by atoms with Gasteiger partial charge in [-0.2, -0.15) is 5.26 Å². The van der Waals surface area contributed by atoms with Crippen LogP contribution in [-0.2, 0) is 4.74 Å². The summed E-state index contributed by atoms with van der Waals surface area (Å²) in [6.45, 7) is 4.25. The number of nitriles is 1. The zero-order chi connectivity index (χ0) is 14.8. The van der Waals surface area contributed by atoms with Crippen LogP contribution in [0.4, 0.5) is 0 Å². The molecule has 2 rings (SSSR count). The van der Waals surface area contributed by atoms with Crippen LogP contribution in [0.3, 0.4) is 0 Å². The summed E-state index contributed by atoms with van der Waals surface area (Å²) in [4.78, 5) is 0. The Hall–Kier alpha value is -1.28. The molecule has 3 atom stereocenters. The molecule has 0 fully saturated rings. The van der Waals surface area contributed by atoms with Crippen molar-refractivity contribution >= 4 is 11.6 Å². The number of alkyl halides is 1. The van der Waals surface area contributed by atoms with Gasteiger partial charge in [-0.25, -0.2) is 0 Å². The predicted molar refractivity (Wildman–Crippen MR) is 78.2 cm³/mol. The van der Waals surface area contributed by atoms with E-state index in [4.69, 9.17) is 21.6 Å². The number of nitrogens with zero attached hydrogens (tertiary/aromatic N) is 1. The maximum absolute atomic E-state index is 10.7. The second kappa shape index (κ2) is 6.01. The van der Waals surface area contributed by atoms with Crippen molar-refractivity contribution in [2.45, 2.75) is 38.1 Å².